The normalized spacial score (nSPS) is 9.56. The van der Waals surface area contributed by atoms with E-state index in [1.807, 2.05) is 0 Å². The fourth-order valence-corrected chi connectivity index (χ4v) is 1.11. The Morgan fingerprint density at radius 2 is 2.31 bits per heavy atom. The number of methoxy groups -OCH3 is 1. The lowest BCUT2D eigenvalue weighted by atomic mass is 10.2. The molecule has 7 nitrogen and oxygen atoms in total. The molecule has 0 aromatic heterocycles. The lowest BCUT2D eigenvalue weighted by molar-refractivity contribution is -0.384. The average Bonchev–Trinajstić information content (AvgIpc) is 2.25. The number of anilines is 1. The maximum Gasteiger partial charge on any atom is 0.322 e. The molecular formula is C9H10N2O5. The van der Waals surface area contributed by atoms with E-state index in [0.717, 1.165) is 0 Å². The number of aliphatic carboxylic acids is 1. The minimum absolute atomic E-state index is 0.146. The minimum atomic E-state index is -1.09. The van der Waals surface area contributed by atoms with Crippen LogP contribution in [0.4, 0.5) is 11.4 Å². The van der Waals surface area contributed by atoms with Crippen molar-refractivity contribution in [3.8, 4) is 5.75 Å². The van der Waals surface area contributed by atoms with Crippen LogP contribution in [0.2, 0.25) is 0 Å². The van der Waals surface area contributed by atoms with E-state index in [2.05, 4.69) is 5.32 Å². The van der Waals surface area contributed by atoms with E-state index < -0.39 is 10.9 Å². The largest absolute Gasteiger partial charge is 0.496 e. The van der Waals surface area contributed by atoms with E-state index in [0.29, 0.717) is 5.75 Å². The Bertz CT molecular complexity index is 418. The maximum absolute atomic E-state index is 10.7. The summed E-state index contributed by atoms with van der Waals surface area (Å²) in [7, 11) is 1.39. The molecule has 0 radical (unpaired) electrons. The molecule has 0 atom stereocenters. The number of carboxylic acids is 1. The van der Waals surface area contributed by atoms with E-state index >= 15 is 0 Å². The van der Waals surface area contributed by atoms with Gasteiger partial charge in [0.05, 0.1) is 18.1 Å². The van der Waals surface area contributed by atoms with Gasteiger partial charge in [0.25, 0.3) is 5.69 Å². The number of carbonyl (C=O) groups is 1. The van der Waals surface area contributed by atoms with Crippen molar-refractivity contribution in [2.75, 3.05) is 19.0 Å². The molecule has 0 aliphatic rings. The zero-order valence-electron chi connectivity index (χ0n) is 8.47. The lowest BCUT2D eigenvalue weighted by Crippen LogP contribution is -2.13. The van der Waals surface area contributed by atoms with Crippen molar-refractivity contribution in [2.24, 2.45) is 0 Å². The molecule has 16 heavy (non-hydrogen) atoms. The Morgan fingerprint density at radius 3 is 2.81 bits per heavy atom. The summed E-state index contributed by atoms with van der Waals surface area (Å²) >= 11 is 0. The molecule has 2 N–H and O–H groups in total. The van der Waals surface area contributed by atoms with Crippen LogP contribution in [0, 0.1) is 10.1 Å². The average molecular weight is 226 g/mol. The van der Waals surface area contributed by atoms with Crippen molar-refractivity contribution in [1.82, 2.24) is 0 Å². The summed E-state index contributed by atoms with van der Waals surface area (Å²) in [6.07, 6.45) is 0. The Kier molecular flexibility index (Phi) is 3.65. The highest BCUT2D eigenvalue weighted by Crippen LogP contribution is 2.28. The molecule has 1 aromatic carbocycles. The highest BCUT2D eigenvalue weighted by Gasteiger charge is 2.15. The molecule has 0 spiro atoms. The van der Waals surface area contributed by atoms with Gasteiger partial charge in [-0.1, -0.05) is 0 Å². The van der Waals surface area contributed by atoms with Gasteiger partial charge in [-0.2, -0.15) is 0 Å². The molecule has 0 heterocycles. The molecule has 0 saturated carbocycles. The predicted molar refractivity (Wildman–Crippen MR) is 55.8 cm³/mol. The van der Waals surface area contributed by atoms with E-state index in [1.165, 1.54) is 25.3 Å². The highest BCUT2D eigenvalue weighted by molar-refractivity contribution is 5.75. The minimum Gasteiger partial charge on any atom is -0.496 e. The third-order valence-corrected chi connectivity index (χ3v) is 1.83. The first-order valence-corrected chi connectivity index (χ1v) is 4.32. The third-order valence-electron chi connectivity index (χ3n) is 1.83. The summed E-state index contributed by atoms with van der Waals surface area (Å²) in [6, 6.07) is 4.14. The number of nitrogens with zero attached hydrogens (tertiary/aromatic N) is 1. The van der Waals surface area contributed by atoms with E-state index in [-0.39, 0.29) is 17.9 Å². The fourth-order valence-electron chi connectivity index (χ4n) is 1.11. The summed E-state index contributed by atoms with van der Waals surface area (Å²) in [6.45, 7) is -0.382. The monoisotopic (exact) mass is 226 g/mol. The Balaban J connectivity index is 2.98. The van der Waals surface area contributed by atoms with E-state index in [4.69, 9.17) is 9.84 Å². The van der Waals surface area contributed by atoms with Crippen LogP contribution in [0.3, 0.4) is 0 Å². The smallest absolute Gasteiger partial charge is 0.322 e. The summed E-state index contributed by atoms with van der Waals surface area (Å²) < 4.78 is 4.84. The van der Waals surface area contributed by atoms with Crippen LogP contribution in [0.5, 0.6) is 5.75 Å². The number of nitro groups is 1. The molecule has 0 fully saturated rings. The summed E-state index contributed by atoms with van der Waals surface area (Å²) in [5.41, 5.74) is -0.0752. The van der Waals surface area contributed by atoms with Crippen LogP contribution < -0.4 is 10.1 Å². The van der Waals surface area contributed by atoms with Crippen LogP contribution >= 0.6 is 0 Å². The van der Waals surface area contributed by atoms with Crippen molar-refractivity contribution in [1.29, 1.82) is 0 Å². The van der Waals surface area contributed by atoms with Gasteiger partial charge in [-0.05, 0) is 12.1 Å². The van der Waals surface area contributed by atoms with Gasteiger partial charge in [0.1, 0.15) is 18.0 Å². The van der Waals surface area contributed by atoms with Gasteiger partial charge in [0.15, 0.2) is 0 Å². The van der Waals surface area contributed by atoms with Gasteiger partial charge in [0.2, 0.25) is 0 Å². The van der Waals surface area contributed by atoms with Gasteiger partial charge < -0.3 is 15.2 Å². The zero-order valence-corrected chi connectivity index (χ0v) is 8.47. The number of benzene rings is 1. The van der Waals surface area contributed by atoms with Gasteiger partial charge in [0, 0.05) is 0 Å². The zero-order chi connectivity index (χ0) is 12.1. The van der Waals surface area contributed by atoms with Crippen LogP contribution in [-0.4, -0.2) is 29.7 Å². The maximum atomic E-state index is 10.7. The summed E-state index contributed by atoms with van der Waals surface area (Å²) in [5.74, 6) is -0.752. The molecule has 0 bridgehead atoms. The quantitative estimate of drug-likeness (QED) is 0.575. The third kappa shape index (κ3) is 2.84. The lowest BCUT2D eigenvalue weighted by Gasteiger charge is -2.06. The fraction of sp³-hybridized carbons (Fsp3) is 0.222. The number of nitrogens with one attached hydrogen (secondary N) is 1. The number of rotatable bonds is 5. The number of carboxylic acid groups (broad SMARTS) is 1. The van der Waals surface area contributed by atoms with Gasteiger partial charge in [-0.25, -0.2) is 0 Å². The Morgan fingerprint density at radius 1 is 1.62 bits per heavy atom. The molecule has 0 saturated heterocycles. The molecule has 7 heteroatoms. The molecule has 0 aliphatic heterocycles. The van der Waals surface area contributed by atoms with Gasteiger partial charge in [-0.15, -0.1) is 0 Å². The number of nitro benzene ring substituents is 1. The number of hydrogen-bond donors (Lipinski definition) is 2. The van der Waals surface area contributed by atoms with Crippen LogP contribution in [-0.2, 0) is 4.79 Å². The molecule has 0 unspecified atom stereocenters. The van der Waals surface area contributed by atoms with E-state index in [9.17, 15) is 14.9 Å². The van der Waals surface area contributed by atoms with E-state index in [1.54, 1.807) is 0 Å². The summed E-state index contributed by atoms with van der Waals surface area (Å²) in [4.78, 5) is 20.4. The molecular weight excluding hydrogens is 216 g/mol. The standard InChI is InChI=1S/C9H10N2O5/c1-16-6-2-3-7(10-5-9(12)13)8(4-6)11(14)15/h2-4,10H,5H2,1H3,(H,12,13). The first kappa shape index (κ1) is 11.8. The topological polar surface area (TPSA) is 102 Å². The first-order valence-electron chi connectivity index (χ1n) is 4.32. The summed E-state index contributed by atoms with van der Waals surface area (Å²) in [5, 5.41) is 21.6. The number of ether oxygens (including phenoxy) is 1. The Hall–Kier alpha value is -2.31. The molecule has 1 aromatic rings. The van der Waals surface area contributed by atoms with Crippen molar-refractivity contribution in [3.63, 3.8) is 0 Å². The van der Waals surface area contributed by atoms with Gasteiger partial charge >= 0.3 is 5.97 Å². The highest BCUT2D eigenvalue weighted by atomic mass is 16.6. The SMILES string of the molecule is COc1ccc(NCC(=O)O)c([N+](=O)[O-])c1. The molecule has 86 valence electrons. The molecule has 0 aliphatic carbocycles. The number of hydrogen-bond acceptors (Lipinski definition) is 5. The second kappa shape index (κ2) is 4.96. The van der Waals surface area contributed by atoms with Crippen LogP contribution in [0.1, 0.15) is 0 Å². The first-order chi connectivity index (χ1) is 7.54. The van der Waals surface area contributed by atoms with Crippen molar-refractivity contribution < 1.29 is 19.6 Å². The van der Waals surface area contributed by atoms with Gasteiger partial charge in [-0.3, -0.25) is 14.9 Å². The van der Waals surface area contributed by atoms with Crippen LogP contribution in [0.15, 0.2) is 18.2 Å². The second-order valence-corrected chi connectivity index (χ2v) is 2.89. The second-order valence-electron chi connectivity index (χ2n) is 2.89. The van der Waals surface area contributed by atoms with Crippen molar-refractivity contribution in [2.45, 2.75) is 0 Å². The van der Waals surface area contributed by atoms with Crippen molar-refractivity contribution >= 4 is 17.3 Å². The van der Waals surface area contributed by atoms with Crippen molar-refractivity contribution in [3.05, 3.63) is 28.3 Å². The molecule has 0 amide bonds. The Labute approximate surface area is 90.8 Å². The molecule has 1 rings (SSSR count). The predicted octanol–water partition coefficient (Wildman–Crippen LogP) is 1.10. The van der Waals surface area contributed by atoms with Crippen LogP contribution in [0.25, 0.3) is 0 Å².